The second-order valence-corrected chi connectivity index (χ2v) is 7.03. The molecule has 8 nitrogen and oxygen atoms in total. The molecular weight excluding hydrogens is 392 g/mol. The number of carbonyl (C=O) groups is 1. The molecule has 152 valence electrons. The van der Waals surface area contributed by atoms with E-state index in [9.17, 15) is 9.59 Å². The van der Waals surface area contributed by atoms with E-state index in [4.69, 9.17) is 9.47 Å². The highest BCUT2D eigenvalue weighted by Gasteiger charge is 2.11. The third-order valence-corrected chi connectivity index (χ3v) is 4.88. The number of aromatic nitrogens is 3. The Labute approximate surface area is 172 Å². The molecule has 2 aromatic carbocycles. The van der Waals surface area contributed by atoms with Gasteiger partial charge in [-0.1, -0.05) is 30.0 Å². The van der Waals surface area contributed by atoms with Gasteiger partial charge in [-0.15, -0.1) is 5.10 Å². The van der Waals surface area contributed by atoms with E-state index >= 15 is 0 Å². The van der Waals surface area contributed by atoms with Crippen LogP contribution in [0.25, 0.3) is 0 Å². The zero-order valence-corrected chi connectivity index (χ0v) is 16.8. The molecule has 0 saturated heterocycles. The summed E-state index contributed by atoms with van der Waals surface area (Å²) in [5.74, 6) is 1.37. The molecule has 0 fully saturated rings. The largest absolute Gasteiger partial charge is 0.457 e. The molecule has 0 aliphatic carbocycles. The Bertz CT molecular complexity index is 970. The molecule has 0 atom stereocenters. The Balaban J connectivity index is 1.50. The third-order valence-electron chi connectivity index (χ3n) is 3.90. The number of thioether (sulfide) groups is 1. The lowest BCUT2D eigenvalue weighted by Crippen LogP contribution is -2.19. The number of H-pyrrole nitrogens is 1. The zero-order chi connectivity index (χ0) is 20.5. The van der Waals surface area contributed by atoms with Crippen LogP contribution in [0.1, 0.15) is 6.42 Å². The molecule has 1 amide bonds. The fraction of sp³-hybridized carbons (Fsp3) is 0.250. The van der Waals surface area contributed by atoms with Crippen molar-refractivity contribution in [2.45, 2.75) is 18.1 Å². The molecule has 0 aliphatic heterocycles. The molecule has 0 saturated carbocycles. The molecule has 0 aliphatic rings. The van der Waals surface area contributed by atoms with Gasteiger partial charge in [0.15, 0.2) is 5.16 Å². The van der Waals surface area contributed by atoms with Crippen molar-refractivity contribution in [3.05, 3.63) is 65.1 Å². The summed E-state index contributed by atoms with van der Waals surface area (Å²) in [5.41, 5.74) is 0.369. The first-order valence-corrected chi connectivity index (χ1v) is 10.0. The van der Waals surface area contributed by atoms with Gasteiger partial charge in [0.2, 0.25) is 5.91 Å². The minimum atomic E-state index is -0.294. The minimum absolute atomic E-state index is 0.136. The van der Waals surface area contributed by atoms with Gasteiger partial charge in [0.1, 0.15) is 11.5 Å². The molecule has 1 aromatic heterocycles. The summed E-state index contributed by atoms with van der Waals surface area (Å²) < 4.78 is 12.2. The van der Waals surface area contributed by atoms with Gasteiger partial charge in [0, 0.05) is 25.9 Å². The number of amides is 1. The summed E-state index contributed by atoms with van der Waals surface area (Å²) >= 11 is 1.20. The lowest BCUT2D eigenvalue weighted by atomic mass is 10.3. The standard InChI is InChI=1S/C20H22N4O4S/c1-27-13-5-12-24-19(26)22-23-20(24)29-14-18(25)21-15-8-10-17(11-9-15)28-16-6-3-2-4-7-16/h2-4,6-11H,5,12-14H2,1H3,(H,21,25)(H,22,26). The summed E-state index contributed by atoms with van der Waals surface area (Å²) in [7, 11) is 1.61. The molecule has 1 heterocycles. The predicted octanol–water partition coefficient (Wildman–Crippen LogP) is 3.13. The van der Waals surface area contributed by atoms with Crippen molar-refractivity contribution in [1.82, 2.24) is 14.8 Å². The maximum atomic E-state index is 12.2. The van der Waals surface area contributed by atoms with E-state index in [0.29, 0.717) is 36.2 Å². The molecule has 29 heavy (non-hydrogen) atoms. The van der Waals surface area contributed by atoms with E-state index in [1.54, 1.807) is 31.4 Å². The van der Waals surface area contributed by atoms with E-state index in [0.717, 1.165) is 5.75 Å². The topological polar surface area (TPSA) is 98.2 Å². The Morgan fingerprint density at radius 2 is 1.86 bits per heavy atom. The highest BCUT2D eigenvalue weighted by molar-refractivity contribution is 7.99. The second-order valence-electron chi connectivity index (χ2n) is 6.09. The Morgan fingerprint density at radius 1 is 1.14 bits per heavy atom. The van der Waals surface area contributed by atoms with E-state index in [1.165, 1.54) is 16.3 Å². The summed E-state index contributed by atoms with van der Waals surface area (Å²) in [6.45, 7) is 1.03. The van der Waals surface area contributed by atoms with Gasteiger partial charge >= 0.3 is 5.69 Å². The Kier molecular flexibility index (Phi) is 7.48. The number of nitrogens with zero attached hydrogens (tertiary/aromatic N) is 2. The van der Waals surface area contributed by atoms with Crippen molar-refractivity contribution in [3.63, 3.8) is 0 Å². The maximum Gasteiger partial charge on any atom is 0.343 e. The Hall–Kier alpha value is -3.04. The van der Waals surface area contributed by atoms with Crippen LogP contribution in [0.2, 0.25) is 0 Å². The number of rotatable bonds is 10. The van der Waals surface area contributed by atoms with Gasteiger partial charge in [0.05, 0.1) is 5.75 Å². The SMILES string of the molecule is COCCCn1c(SCC(=O)Nc2ccc(Oc3ccccc3)cc2)n[nH]c1=O. The van der Waals surface area contributed by atoms with Crippen molar-refractivity contribution in [1.29, 1.82) is 0 Å². The van der Waals surface area contributed by atoms with Gasteiger partial charge < -0.3 is 14.8 Å². The molecule has 3 aromatic rings. The monoisotopic (exact) mass is 414 g/mol. The molecule has 0 unspecified atom stereocenters. The number of methoxy groups -OCH3 is 1. The first-order chi connectivity index (χ1) is 14.2. The number of para-hydroxylation sites is 1. The van der Waals surface area contributed by atoms with Crippen molar-refractivity contribution in [3.8, 4) is 11.5 Å². The van der Waals surface area contributed by atoms with Crippen LogP contribution in [0.15, 0.2) is 64.5 Å². The second kappa shape index (κ2) is 10.5. The molecular formula is C20H22N4O4S. The van der Waals surface area contributed by atoms with Crippen LogP contribution in [-0.2, 0) is 16.1 Å². The summed E-state index contributed by atoms with van der Waals surface area (Å²) in [4.78, 5) is 24.0. The number of benzene rings is 2. The van der Waals surface area contributed by atoms with E-state index in [-0.39, 0.29) is 17.3 Å². The fourth-order valence-electron chi connectivity index (χ4n) is 2.54. The first kappa shape index (κ1) is 20.7. The number of hydrogen-bond acceptors (Lipinski definition) is 6. The van der Waals surface area contributed by atoms with E-state index < -0.39 is 0 Å². The number of ether oxygens (including phenoxy) is 2. The van der Waals surface area contributed by atoms with Crippen molar-refractivity contribution < 1.29 is 14.3 Å². The quantitative estimate of drug-likeness (QED) is 0.391. The number of anilines is 1. The van der Waals surface area contributed by atoms with Crippen LogP contribution in [0, 0.1) is 0 Å². The lowest BCUT2D eigenvalue weighted by Gasteiger charge is -2.08. The summed E-state index contributed by atoms with van der Waals surface area (Å²) in [5, 5.41) is 9.69. The molecule has 0 spiro atoms. The molecule has 9 heteroatoms. The predicted molar refractivity (Wildman–Crippen MR) is 112 cm³/mol. The van der Waals surface area contributed by atoms with Crippen LogP contribution in [0.3, 0.4) is 0 Å². The fourth-order valence-corrected chi connectivity index (χ4v) is 3.31. The summed E-state index contributed by atoms with van der Waals surface area (Å²) in [6, 6.07) is 16.6. The van der Waals surface area contributed by atoms with E-state index in [1.807, 2.05) is 30.3 Å². The van der Waals surface area contributed by atoms with Gasteiger partial charge in [-0.05, 0) is 42.8 Å². The van der Waals surface area contributed by atoms with Crippen LogP contribution >= 0.6 is 11.8 Å². The third kappa shape index (κ3) is 6.23. The number of hydrogen-bond donors (Lipinski definition) is 2. The van der Waals surface area contributed by atoms with Crippen LogP contribution in [0.5, 0.6) is 11.5 Å². The summed E-state index contributed by atoms with van der Waals surface area (Å²) in [6.07, 6.45) is 0.688. The number of aromatic amines is 1. The average molecular weight is 414 g/mol. The van der Waals surface area contributed by atoms with Crippen molar-refractivity contribution >= 4 is 23.4 Å². The average Bonchev–Trinajstić information content (AvgIpc) is 3.09. The first-order valence-electron chi connectivity index (χ1n) is 9.05. The molecule has 3 rings (SSSR count). The van der Waals surface area contributed by atoms with Gasteiger partial charge in [0.25, 0.3) is 0 Å². The number of nitrogens with one attached hydrogen (secondary N) is 2. The number of carbonyl (C=O) groups excluding carboxylic acids is 1. The van der Waals surface area contributed by atoms with Gasteiger partial charge in [-0.25, -0.2) is 9.89 Å². The minimum Gasteiger partial charge on any atom is -0.457 e. The smallest absolute Gasteiger partial charge is 0.343 e. The molecule has 0 radical (unpaired) electrons. The zero-order valence-electron chi connectivity index (χ0n) is 16.0. The maximum absolute atomic E-state index is 12.2. The lowest BCUT2D eigenvalue weighted by molar-refractivity contribution is -0.113. The van der Waals surface area contributed by atoms with Crippen LogP contribution in [-0.4, -0.2) is 40.1 Å². The Morgan fingerprint density at radius 3 is 2.59 bits per heavy atom. The van der Waals surface area contributed by atoms with Gasteiger partial charge in [-0.2, -0.15) is 0 Å². The van der Waals surface area contributed by atoms with Crippen LogP contribution in [0.4, 0.5) is 5.69 Å². The van der Waals surface area contributed by atoms with Crippen molar-refractivity contribution in [2.75, 3.05) is 24.8 Å². The van der Waals surface area contributed by atoms with E-state index in [2.05, 4.69) is 15.5 Å². The van der Waals surface area contributed by atoms with Crippen LogP contribution < -0.4 is 15.7 Å². The molecule has 2 N–H and O–H groups in total. The van der Waals surface area contributed by atoms with Gasteiger partial charge in [-0.3, -0.25) is 9.36 Å². The molecule has 0 bridgehead atoms. The normalized spacial score (nSPS) is 10.7. The highest BCUT2D eigenvalue weighted by atomic mass is 32.2. The highest BCUT2D eigenvalue weighted by Crippen LogP contribution is 2.23. The van der Waals surface area contributed by atoms with Crippen molar-refractivity contribution in [2.24, 2.45) is 0 Å².